The molecule has 3 rings (SSSR count). The summed E-state index contributed by atoms with van der Waals surface area (Å²) in [4.78, 5) is 14.7. The minimum absolute atomic E-state index is 0.0785. The number of methoxy groups -OCH3 is 1. The van der Waals surface area contributed by atoms with E-state index in [1.165, 1.54) is 5.56 Å². The summed E-state index contributed by atoms with van der Waals surface area (Å²) in [6, 6.07) is 18.4. The zero-order valence-electron chi connectivity index (χ0n) is 14.1. The van der Waals surface area contributed by atoms with E-state index in [1.54, 1.807) is 7.11 Å². The summed E-state index contributed by atoms with van der Waals surface area (Å²) in [6.07, 6.45) is 1.41. The Hall–Kier alpha value is -2.33. The Kier molecular flexibility index (Phi) is 5.49. The Morgan fingerprint density at radius 3 is 2.75 bits per heavy atom. The SMILES string of the molecule is COc1cccc(CC(=O)N[C@@H]2CCN(Cc3ccccc3)C2)c1. The fourth-order valence-corrected chi connectivity index (χ4v) is 3.18. The summed E-state index contributed by atoms with van der Waals surface area (Å²) in [7, 11) is 1.64. The van der Waals surface area contributed by atoms with Crippen LogP contribution in [0.4, 0.5) is 0 Å². The standard InChI is InChI=1S/C20H24N2O2/c1-24-19-9-5-8-17(12-19)13-20(23)21-18-10-11-22(15-18)14-16-6-3-2-4-7-16/h2-9,12,18H,10-11,13-15H2,1H3,(H,21,23)/t18-/m1/s1. The van der Waals surface area contributed by atoms with Crippen LogP contribution in [0.2, 0.25) is 0 Å². The average molecular weight is 324 g/mol. The average Bonchev–Trinajstić information content (AvgIpc) is 3.02. The van der Waals surface area contributed by atoms with Crippen molar-refractivity contribution in [1.82, 2.24) is 10.2 Å². The third kappa shape index (κ3) is 4.59. The molecule has 2 aromatic rings. The Labute approximate surface area is 143 Å². The number of carbonyl (C=O) groups excluding carboxylic acids is 1. The highest BCUT2D eigenvalue weighted by Crippen LogP contribution is 2.15. The van der Waals surface area contributed by atoms with Crippen LogP contribution in [0.15, 0.2) is 54.6 Å². The van der Waals surface area contributed by atoms with Gasteiger partial charge < -0.3 is 10.1 Å². The molecule has 1 aliphatic rings. The van der Waals surface area contributed by atoms with E-state index in [4.69, 9.17) is 4.74 Å². The lowest BCUT2D eigenvalue weighted by atomic mass is 10.1. The van der Waals surface area contributed by atoms with Crippen LogP contribution in [0.1, 0.15) is 17.5 Å². The molecule has 0 aliphatic carbocycles. The Balaban J connectivity index is 1.47. The normalized spacial score (nSPS) is 17.6. The molecule has 0 radical (unpaired) electrons. The number of likely N-dealkylation sites (tertiary alicyclic amines) is 1. The predicted octanol–water partition coefficient (Wildman–Crippen LogP) is 2.63. The van der Waals surface area contributed by atoms with E-state index in [2.05, 4.69) is 34.5 Å². The van der Waals surface area contributed by atoms with E-state index in [0.717, 1.165) is 37.4 Å². The van der Waals surface area contributed by atoms with Crippen molar-refractivity contribution >= 4 is 5.91 Å². The number of nitrogens with one attached hydrogen (secondary N) is 1. The molecule has 1 amide bonds. The number of amides is 1. The summed E-state index contributed by atoms with van der Waals surface area (Å²) in [5.41, 5.74) is 2.30. The van der Waals surface area contributed by atoms with Gasteiger partial charge in [0.2, 0.25) is 5.91 Å². The van der Waals surface area contributed by atoms with Crippen molar-refractivity contribution in [3.8, 4) is 5.75 Å². The molecule has 0 spiro atoms. The van der Waals surface area contributed by atoms with Gasteiger partial charge in [-0.3, -0.25) is 9.69 Å². The highest BCUT2D eigenvalue weighted by atomic mass is 16.5. The van der Waals surface area contributed by atoms with Crippen molar-refractivity contribution in [2.75, 3.05) is 20.2 Å². The maximum Gasteiger partial charge on any atom is 0.224 e. The topological polar surface area (TPSA) is 41.6 Å². The van der Waals surface area contributed by atoms with Crippen LogP contribution in [-0.2, 0) is 17.8 Å². The fourth-order valence-electron chi connectivity index (χ4n) is 3.18. The van der Waals surface area contributed by atoms with Crippen molar-refractivity contribution in [2.45, 2.75) is 25.4 Å². The van der Waals surface area contributed by atoms with Gasteiger partial charge in [0.05, 0.1) is 13.5 Å². The predicted molar refractivity (Wildman–Crippen MR) is 95.0 cm³/mol. The van der Waals surface area contributed by atoms with Gasteiger partial charge in [-0.2, -0.15) is 0 Å². The molecule has 2 aromatic carbocycles. The molecule has 0 unspecified atom stereocenters. The summed E-state index contributed by atoms with van der Waals surface area (Å²) in [6.45, 7) is 2.89. The lowest BCUT2D eigenvalue weighted by molar-refractivity contribution is -0.121. The molecule has 0 saturated carbocycles. The van der Waals surface area contributed by atoms with Crippen molar-refractivity contribution < 1.29 is 9.53 Å². The van der Waals surface area contributed by atoms with E-state index in [0.29, 0.717) is 6.42 Å². The van der Waals surface area contributed by atoms with Crippen molar-refractivity contribution in [3.63, 3.8) is 0 Å². The van der Waals surface area contributed by atoms with Crippen molar-refractivity contribution in [2.24, 2.45) is 0 Å². The van der Waals surface area contributed by atoms with Crippen LogP contribution >= 0.6 is 0 Å². The van der Waals surface area contributed by atoms with Crippen LogP contribution in [-0.4, -0.2) is 37.0 Å². The minimum atomic E-state index is 0.0785. The number of carbonyl (C=O) groups is 1. The first kappa shape index (κ1) is 16.5. The second-order valence-electron chi connectivity index (χ2n) is 6.30. The Bertz CT molecular complexity index is 672. The molecule has 1 saturated heterocycles. The number of rotatable bonds is 6. The molecule has 4 nitrogen and oxygen atoms in total. The second-order valence-corrected chi connectivity index (χ2v) is 6.30. The van der Waals surface area contributed by atoms with E-state index in [9.17, 15) is 4.79 Å². The molecule has 4 heteroatoms. The summed E-state index contributed by atoms with van der Waals surface area (Å²) in [5.74, 6) is 0.866. The van der Waals surface area contributed by atoms with Crippen LogP contribution in [0.3, 0.4) is 0 Å². The van der Waals surface area contributed by atoms with Crippen LogP contribution in [0, 0.1) is 0 Å². The fraction of sp³-hybridized carbons (Fsp3) is 0.350. The van der Waals surface area contributed by atoms with E-state index < -0.39 is 0 Å². The molecule has 0 bridgehead atoms. The van der Waals surface area contributed by atoms with Crippen molar-refractivity contribution in [1.29, 1.82) is 0 Å². The molecule has 126 valence electrons. The quantitative estimate of drug-likeness (QED) is 0.888. The molecule has 1 aliphatic heterocycles. The summed E-state index contributed by atoms with van der Waals surface area (Å²) >= 11 is 0. The number of benzene rings is 2. The number of hydrogen-bond donors (Lipinski definition) is 1. The largest absolute Gasteiger partial charge is 0.497 e. The summed E-state index contributed by atoms with van der Waals surface area (Å²) in [5, 5.41) is 3.16. The maximum absolute atomic E-state index is 12.3. The smallest absolute Gasteiger partial charge is 0.224 e. The Morgan fingerprint density at radius 1 is 1.17 bits per heavy atom. The van der Waals surface area contributed by atoms with E-state index >= 15 is 0 Å². The minimum Gasteiger partial charge on any atom is -0.497 e. The maximum atomic E-state index is 12.3. The zero-order chi connectivity index (χ0) is 16.8. The highest BCUT2D eigenvalue weighted by molar-refractivity contribution is 5.79. The lowest BCUT2D eigenvalue weighted by Crippen LogP contribution is -2.37. The molecule has 0 aromatic heterocycles. The first-order chi connectivity index (χ1) is 11.7. The van der Waals surface area contributed by atoms with Crippen molar-refractivity contribution in [3.05, 3.63) is 65.7 Å². The van der Waals surface area contributed by atoms with Gasteiger partial charge in [-0.1, -0.05) is 42.5 Å². The number of nitrogens with zero attached hydrogens (tertiary/aromatic N) is 1. The molecular formula is C20H24N2O2. The molecule has 1 atom stereocenters. The second kappa shape index (κ2) is 7.97. The Morgan fingerprint density at radius 2 is 1.96 bits per heavy atom. The third-order valence-electron chi connectivity index (χ3n) is 4.39. The van der Waals surface area contributed by atoms with Gasteiger partial charge in [0.15, 0.2) is 0 Å². The molecule has 1 fully saturated rings. The first-order valence-corrected chi connectivity index (χ1v) is 8.41. The van der Waals surface area contributed by atoms with Gasteiger partial charge in [0.25, 0.3) is 0 Å². The first-order valence-electron chi connectivity index (χ1n) is 8.41. The molecule has 1 heterocycles. The molecular weight excluding hydrogens is 300 g/mol. The zero-order valence-corrected chi connectivity index (χ0v) is 14.1. The van der Waals surface area contributed by atoms with E-state index in [1.807, 2.05) is 30.3 Å². The summed E-state index contributed by atoms with van der Waals surface area (Å²) < 4.78 is 5.20. The third-order valence-corrected chi connectivity index (χ3v) is 4.39. The highest BCUT2D eigenvalue weighted by Gasteiger charge is 2.23. The van der Waals surface area contributed by atoms with Gasteiger partial charge in [0.1, 0.15) is 5.75 Å². The van der Waals surface area contributed by atoms with Gasteiger partial charge in [-0.05, 0) is 29.7 Å². The number of hydrogen-bond acceptors (Lipinski definition) is 3. The van der Waals surface area contributed by atoms with Crippen LogP contribution in [0.25, 0.3) is 0 Å². The van der Waals surface area contributed by atoms with Crippen LogP contribution in [0.5, 0.6) is 5.75 Å². The van der Waals surface area contributed by atoms with Gasteiger partial charge in [-0.15, -0.1) is 0 Å². The lowest BCUT2D eigenvalue weighted by Gasteiger charge is -2.17. The number of ether oxygens (including phenoxy) is 1. The van der Waals surface area contributed by atoms with E-state index in [-0.39, 0.29) is 11.9 Å². The van der Waals surface area contributed by atoms with Gasteiger partial charge in [0, 0.05) is 25.7 Å². The van der Waals surface area contributed by atoms with Crippen LogP contribution < -0.4 is 10.1 Å². The molecule has 1 N–H and O–H groups in total. The van der Waals surface area contributed by atoms with Gasteiger partial charge >= 0.3 is 0 Å². The monoisotopic (exact) mass is 324 g/mol. The molecule has 24 heavy (non-hydrogen) atoms. The van der Waals surface area contributed by atoms with Gasteiger partial charge in [-0.25, -0.2) is 0 Å².